The van der Waals surface area contributed by atoms with Crippen molar-refractivity contribution in [3.8, 4) is 56.7 Å². The van der Waals surface area contributed by atoms with E-state index in [9.17, 15) is 0 Å². The summed E-state index contributed by atoms with van der Waals surface area (Å²) in [7, 11) is 0. The minimum atomic E-state index is -0.0624. The number of oxazole rings is 1. The number of hydrogen-bond donors (Lipinski definition) is 0. The van der Waals surface area contributed by atoms with Crippen molar-refractivity contribution in [2.45, 2.75) is 26.2 Å². The lowest BCUT2D eigenvalue weighted by atomic mass is 9.88. The van der Waals surface area contributed by atoms with Gasteiger partial charge in [-0.3, -0.25) is 4.57 Å². The maximum absolute atomic E-state index is 6.69. The fourth-order valence-corrected chi connectivity index (χ4v) is 9.10. The van der Waals surface area contributed by atoms with Crippen LogP contribution >= 0.6 is 0 Å². The zero-order valence-electron chi connectivity index (χ0n) is 32.2. The minimum absolute atomic E-state index is 0.0624. The summed E-state index contributed by atoms with van der Waals surface area (Å²) in [5, 5.41) is 4.79. The average molecular weight is 749 g/mol. The van der Waals surface area contributed by atoms with Crippen molar-refractivity contribution >= 4 is 54.7 Å². The van der Waals surface area contributed by atoms with E-state index in [2.05, 4.69) is 139 Å². The highest BCUT2D eigenvalue weighted by molar-refractivity contribution is 6.22. The Morgan fingerprint density at radius 2 is 1.34 bits per heavy atom. The SMILES string of the molecule is CC(C)(C)c1ccnc(-n2c3cc(Oc4cccc(-c5nc6ccccc6o5)c4)ccc3c3c4c(ccc32)-n2c3ccccc3c3cccc(c32)-c2ccccc2-4)c1. The molecule has 12 rings (SSSR count). The Kier molecular flexibility index (Phi) is 6.80. The maximum Gasteiger partial charge on any atom is 0.227 e. The van der Waals surface area contributed by atoms with Crippen LogP contribution in [0.5, 0.6) is 11.5 Å². The van der Waals surface area contributed by atoms with Gasteiger partial charge in [-0.1, -0.05) is 99.6 Å². The van der Waals surface area contributed by atoms with Crippen LogP contribution in [0.3, 0.4) is 0 Å². The van der Waals surface area contributed by atoms with Crippen molar-refractivity contribution in [1.82, 2.24) is 19.1 Å². The number of aromatic nitrogens is 4. The van der Waals surface area contributed by atoms with Gasteiger partial charge in [0.15, 0.2) is 5.58 Å². The Morgan fingerprint density at radius 3 is 2.24 bits per heavy atom. The molecule has 6 heteroatoms. The Balaban J connectivity index is 1.12. The van der Waals surface area contributed by atoms with Gasteiger partial charge in [0.05, 0.1) is 27.8 Å². The molecule has 5 heterocycles. The third-order valence-electron chi connectivity index (χ3n) is 11.8. The molecule has 1 aliphatic rings. The normalized spacial score (nSPS) is 12.4. The molecule has 0 saturated heterocycles. The summed E-state index contributed by atoms with van der Waals surface area (Å²) in [6.07, 6.45) is 1.93. The van der Waals surface area contributed by atoms with Gasteiger partial charge in [0, 0.05) is 50.5 Å². The molecule has 0 amide bonds. The van der Waals surface area contributed by atoms with Crippen LogP contribution in [0.25, 0.3) is 99.9 Å². The molecule has 58 heavy (non-hydrogen) atoms. The quantitative estimate of drug-likeness (QED) is 0.180. The van der Waals surface area contributed by atoms with Gasteiger partial charge in [0.2, 0.25) is 5.89 Å². The molecule has 276 valence electrons. The van der Waals surface area contributed by atoms with Gasteiger partial charge >= 0.3 is 0 Å². The van der Waals surface area contributed by atoms with E-state index in [1.807, 2.05) is 54.7 Å². The lowest BCUT2D eigenvalue weighted by molar-refractivity contribution is 0.483. The molecule has 1 aliphatic heterocycles. The lowest BCUT2D eigenvalue weighted by Gasteiger charge is -2.20. The van der Waals surface area contributed by atoms with Crippen LogP contribution in [-0.2, 0) is 5.41 Å². The minimum Gasteiger partial charge on any atom is -0.457 e. The van der Waals surface area contributed by atoms with E-state index in [1.165, 1.54) is 55.0 Å². The van der Waals surface area contributed by atoms with E-state index in [1.54, 1.807) is 0 Å². The zero-order chi connectivity index (χ0) is 38.7. The monoisotopic (exact) mass is 748 g/mol. The molecular formula is C52H36N4O2. The Bertz CT molecular complexity index is 3450. The number of para-hydroxylation sites is 4. The van der Waals surface area contributed by atoms with Crippen molar-refractivity contribution in [3.05, 3.63) is 169 Å². The number of benzene rings is 7. The van der Waals surface area contributed by atoms with Crippen LogP contribution in [0, 0.1) is 0 Å². The second-order valence-electron chi connectivity index (χ2n) is 16.2. The molecule has 7 aromatic carbocycles. The molecule has 0 atom stereocenters. The number of hydrogen-bond acceptors (Lipinski definition) is 4. The fourth-order valence-electron chi connectivity index (χ4n) is 9.10. The van der Waals surface area contributed by atoms with Crippen LogP contribution in [0.1, 0.15) is 26.3 Å². The molecular weight excluding hydrogens is 713 g/mol. The van der Waals surface area contributed by atoms with Gasteiger partial charge in [0.1, 0.15) is 22.8 Å². The number of rotatable bonds is 4. The number of nitrogens with zero attached hydrogens (tertiary/aromatic N) is 4. The van der Waals surface area contributed by atoms with Crippen molar-refractivity contribution in [3.63, 3.8) is 0 Å². The number of fused-ring (bicyclic) bond motifs is 13. The summed E-state index contributed by atoms with van der Waals surface area (Å²) >= 11 is 0. The molecule has 6 nitrogen and oxygen atoms in total. The fraction of sp³-hybridized carbons (Fsp3) is 0.0769. The molecule has 0 fully saturated rings. The van der Waals surface area contributed by atoms with E-state index >= 15 is 0 Å². The van der Waals surface area contributed by atoms with Crippen LogP contribution in [0.2, 0.25) is 0 Å². The lowest BCUT2D eigenvalue weighted by Crippen LogP contribution is -2.12. The molecule has 0 unspecified atom stereocenters. The number of ether oxygens (including phenoxy) is 1. The molecule has 0 aliphatic carbocycles. The molecule has 0 saturated carbocycles. The third-order valence-corrected chi connectivity index (χ3v) is 11.8. The van der Waals surface area contributed by atoms with Gasteiger partial charge in [0.25, 0.3) is 0 Å². The molecule has 0 radical (unpaired) electrons. The van der Waals surface area contributed by atoms with Crippen molar-refractivity contribution in [1.29, 1.82) is 0 Å². The molecule has 0 N–H and O–H groups in total. The summed E-state index contributed by atoms with van der Waals surface area (Å²) in [6, 6.07) is 55.5. The Morgan fingerprint density at radius 1 is 0.569 bits per heavy atom. The summed E-state index contributed by atoms with van der Waals surface area (Å²) in [5.74, 6) is 2.83. The highest BCUT2D eigenvalue weighted by atomic mass is 16.5. The van der Waals surface area contributed by atoms with Crippen molar-refractivity contribution < 1.29 is 9.15 Å². The first kappa shape index (κ1) is 32.8. The van der Waals surface area contributed by atoms with Gasteiger partial charge in [-0.25, -0.2) is 9.97 Å². The highest BCUT2D eigenvalue weighted by Crippen LogP contribution is 2.51. The molecule has 11 aromatic rings. The van der Waals surface area contributed by atoms with E-state index in [-0.39, 0.29) is 5.41 Å². The summed E-state index contributed by atoms with van der Waals surface area (Å²) < 4.78 is 17.6. The van der Waals surface area contributed by atoms with E-state index in [0.717, 1.165) is 50.3 Å². The Labute approximate surface area is 334 Å². The molecule has 0 spiro atoms. The largest absolute Gasteiger partial charge is 0.457 e. The topological polar surface area (TPSA) is 58.0 Å². The Hall–Kier alpha value is -7.44. The predicted octanol–water partition coefficient (Wildman–Crippen LogP) is 13.8. The van der Waals surface area contributed by atoms with Gasteiger partial charge in [-0.05, 0) is 94.9 Å². The zero-order valence-corrected chi connectivity index (χ0v) is 32.2. The van der Waals surface area contributed by atoms with E-state index < -0.39 is 0 Å². The van der Waals surface area contributed by atoms with Crippen LogP contribution in [-0.4, -0.2) is 19.1 Å². The second kappa shape index (κ2) is 12.0. The highest BCUT2D eigenvalue weighted by Gasteiger charge is 2.28. The summed E-state index contributed by atoms with van der Waals surface area (Å²) in [6.45, 7) is 6.74. The molecule has 0 bridgehead atoms. The van der Waals surface area contributed by atoms with Crippen molar-refractivity contribution in [2.24, 2.45) is 0 Å². The van der Waals surface area contributed by atoms with Crippen LogP contribution < -0.4 is 4.74 Å². The van der Waals surface area contributed by atoms with Gasteiger partial charge in [-0.2, -0.15) is 0 Å². The first-order valence-electron chi connectivity index (χ1n) is 19.7. The summed E-state index contributed by atoms with van der Waals surface area (Å²) in [4.78, 5) is 9.77. The van der Waals surface area contributed by atoms with Crippen LogP contribution in [0.15, 0.2) is 168 Å². The smallest absolute Gasteiger partial charge is 0.227 e. The summed E-state index contributed by atoms with van der Waals surface area (Å²) in [5.41, 5.74) is 14.1. The van der Waals surface area contributed by atoms with Gasteiger partial charge < -0.3 is 13.7 Å². The third kappa shape index (κ3) is 4.78. The first-order valence-corrected chi connectivity index (χ1v) is 19.7. The van der Waals surface area contributed by atoms with Crippen LogP contribution in [0.4, 0.5) is 0 Å². The second-order valence-corrected chi connectivity index (χ2v) is 16.2. The standard InChI is InChI=1S/C52H36N4O2/c1-52(2,3)32-26-27-53-47(29-32)55-43-24-25-44-48(37-16-5-4-14-35(37)38-17-11-18-39-36-15-6-8-20-42(36)56(44)50(38)39)49(43)40-23-22-34(30-45(40)55)57-33-13-10-12-31(28-33)51-54-41-19-7-9-21-46(41)58-51/h4-30H,1-3H3. The predicted molar refractivity (Wildman–Crippen MR) is 236 cm³/mol. The van der Waals surface area contributed by atoms with Gasteiger partial charge in [-0.15, -0.1) is 0 Å². The van der Waals surface area contributed by atoms with E-state index in [4.69, 9.17) is 19.1 Å². The maximum atomic E-state index is 6.69. The first-order chi connectivity index (χ1) is 28.4. The average Bonchev–Trinajstić information content (AvgIpc) is 3.91. The number of pyridine rings is 1. The van der Waals surface area contributed by atoms with E-state index in [0.29, 0.717) is 11.6 Å². The van der Waals surface area contributed by atoms with Crippen molar-refractivity contribution in [2.75, 3.05) is 0 Å². The molecule has 4 aromatic heterocycles.